The van der Waals surface area contributed by atoms with Gasteiger partial charge >= 0.3 is 0 Å². The van der Waals surface area contributed by atoms with Gasteiger partial charge in [0.1, 0.15) is 17.6 Å². The van der Waals surface area contributed by atoms with Crippen molar-refractivity contribution in [2.45, 2.75) is 32.8 Å². The van der Waals surface area contributed by atoms with Crippen LogP contribution in [-0.2, 0) is 17.6 Å². The van der Waals surface area contributed by atoms with E-state index in [0.29, 0.717) is 24.6 Å². The van der Waals surface area contributed by atoms with Gasteiger partial charge in [-0.05, 0) is 38.0 Å². The molecule has 5 nitrogen and oxygen atoms in total. The summed E-state index contributed by atoms with van der Waals surface area (Å²) in [5, 5.41) is 3.01. The standard InChI is InChI=1S/C21H24N2O3/c1-3-25-20-11-16-10-14(2)26-19(16)12-17(20)22-21(24)13-23-9-8-15-6-4-5-7-18(15)23/h4-7,11-12,14H,3,8-10,13H2,1-2H3,(H,22,24)/t14-/m0/s1. The van der Waals surface area contributed by atoms with Crippen molar-refractivity contribution in [1.82, 2.24) is 0 Å². The van der Waals surface area contributed by atoms with Crippen molar-refractivity contribution >= 4 is 17.3 Å². The highest BCUT2D eigenvalue weighted by molar-refractivity contribution is 5.96. The van der Waals surface area contributed by atoms with Gasteiger partial charge in [0.05, 0.1) is 18.8 Å². The first-order valence-electron chi connectivity index (χ1n) is 9.23. The number of para-hydroxylation sites is 1. The average molecular weight is 352 g/mol. The molecule has 1 atom stereocenters. The Balaban J connectivity index is 1.50. The van der Waals surface area contributed by atoms with E-state index in [2.05, 4.69) is 22.3 Å². The smallest absolute Gasteiger partial charge is 0.243 e. The molecule has 2 aliphatic heterocycles. The minimum Gasteiger partial charge on any atom is -0.492 e. The Morgan fingerprint density at radius 1 is 1.31 bits per heavy atom. The molecule has 0 saturated heterocycles. The predicted molar refractivity (Wildman–Crippen MR) is 102 cm³/mol. The van der Waals surface area contributed by atoms with E-state index in [1.54, 1.807) is 0 Å². The van der Waals surface area contributed by atoms with Crippen molar-refractivity contribution in [2.75, 3.05) is 29.9 Å². The van der Waals surface area contributed by atoms with Gasteiger partial charge in [0, 0.05) is 30.3 Å². The fourth-order valence-corrected chi connectivity index (χ4v) is 3.75. The van der Waals surface area contributed by atoms with Crippen LogP contribution in [0.3, 0.4) is 0 Å². The van der Waals surface area contributed by atoms with Crippen LogP contribution in [-0.4, -0.2) is 31.7 Å². The zero-order valence-electron chi connectivity index (χ0n) is 15.2. The number of nitrogens with one attached hydrogen (secondary N) is 1. The van der Waals surface area contributed by atoms with Crippen LogP contribution in [0, 0.1) is 0 Å². The molecular weight excluding hydrogens is 328 g/mol. The molecule has 2 aliphatic rings. The number of rotatable bonds is 5. The monoisotopic (exact) mass is 352 g/mol. The second-order valence-corrected chi connectivity index (χ2v) is 6.87. The maximum absolute atomic E-state index is 12.7. The van der Waals surface area contributed by atoms with E-state index < -0.39 is 0 Å². The van der Waals surface area contributed by atoms with E-state index >= 15 is 0 Å². The zero-order chi connectivity index (χ0) is 18.1. The number of hydrogen-bond acceptors (Lipinski definition) is 4. The van der Waals surface area contributed by atoms with E-state index in [9.17, 15) is 4.79 Å². The number of anilines is 2. The van der Waals surface area contributed by atoms with Crippen molar-refractivity contribution in [3.63, 3.8) is 0 Å². The van der Waals surface area contributed by atoms with Crippen LogP contribution in [0.2, 0.25) is 0 Å². The summed E-state index contributed by atoms with van der Waals surface area (Å²) in [7, 11) is 0. The normalized spacial score (nSPS) is 17.5. The van der Waals surface area contributed by atoms with Crippen molar-refractivity contribution in [1.29, 1.82) is 0 Å². The van der Waals surface area contributed by atoms with E-state index in [-0.39, 0.29) is 12.0 Å². The molecule has 2 heterocycles. The highest BCUT2D eigenvalue weighted by atomic mass is 16.5. The van der Waals surface area contributed by atoms with Gasteiger partial charge in [0.25, 0.3) is 0 Å². The number of carbonyl (C=O) groups is 1. The topological polar surface area (TPSA) is 50.8 Å². The van der Waals surface area contributed by atoms with E-state index in [1.807, 2.05) is 38.1 Å². The molecule has 0 saturated carbocycles. The molecule has 2 aromatic carbocycles. The minimum atomic E-state index is -0.0475. The van der Waals surface area contributed by atoms with Crippen LogP contribution in [0.25, 0.3) is 0 Å². The lowest BCUT2D eigenvalue weighted by atomic mass is 10.1. The largest absolute Gasteiger partial charge is 0.492 e. The fraction of sp³-hybridized carbons (Fsp3) is 0.381. The molecule has 0 spiro atoms. The summed E-state index contributed by atoms with van der Waals surface area (Å²) in [5.41, 5.74) is 4.26. The molecular formula is C21H24N2O3. The quantitative estimate of drug-likeness (QED) is 0.896. The lowest BCUT2D eigenvalue weighted by molar-refractivity contribution is -0.115. The molecule has 4 rings (SSSR count). The Labute approximate surface area is 153 Å². The second-order valence-electron chi connectivity index (χ2n) is 6.87. The Hall–Kier alpha value is -2.69. The number of carbonyl (C=O) groups excluding carboxylic acids is 1. The summed E-state index contributed by atoms with van der Waals surface area (Å²) in [4.78, 5) is 14.8. The lowest BCUT2D eigenvalue weighted by Crippen LogP contribution is -2.32. The number of fused-ring (bicyclic) bond motifs is 2. The van der Waals surface area contributed by atoms with E-state index in [4.69, 9.17) is 9.47 Å². The third-order valence-electron chi connectivity index (χ3n) is 4.89. The lowest BCUT2D eigenvalue weighted by Gasteiger charge is -2.20. The number of nitrogens with zero attached hydrogens (tertiary/aromatic N) is 1. The van der Waals surface area contributed by atoms with Crippen LogP contribution in [0.5, 0.6) is 11.5 Å². The van der Waals surface area contributed by atoms with Gasteiger partial charge in [-0.3, -0.25) is 4.79 Å². The molecule has 26 heavy (non-hydrogen) atoms. The number of benzene rings is 2. The molecule has 0 unspecified atom stereocenters. The molecule has 136 valence electrons. The van der Waals surface area contributed by atoms with Gasteiger partial charge < -0.3 is 19.7 Å². The van der Waals surface area contributed by atoms with E-state index in [1.165, 1.54) is 5.56 Å². The molecule has 0 fully saturated rings. The van der Waals surface area contributed by atoms with Crippen LogP contribution in [0.15, 0.2) is 36.4 Å². The summed E-state index contributed by atoms with van der Waals surface area (Å²) < 4.78 is 11.6. The Bertz CT molecular complexity index is 834. The predicted octanol–water partition coefficient (Wildman–Crippen LogP) is 3.41. The van der Waals surface area contributed by atoms with Crippen LogP contribution in [0.1, 0.15) is 25.0 Å². The van der Waals surface area contributed by atoms with Gasteiger partial charge in [0.2, 0.25) is 5.91 Å². The Morgan fingerprint density at radius 2 is 2.15 bits per heavy atom. The third-order valence-corrected chi connectivity index (χ3v) is 4.89. The number of amides is 1. The molecule has 0 aliphatic carbocycles. The first-order chi connectivity index (χ1) is 12.6. The Morgan fingerprint density at radius 3 is 3.00 bits per heavy atom. The van der Waals surface area contributed by atoms with Gasteiger partial charge in [-0.1, -0.05) is 18.2 Å². The van der Waals surface area contributed by atoms with E-state index in [0.717, 1.165) is 36.4 Å². The summed E-state index contributed by atoms with van der Waals surface area (Å²) in [6, 6.07) is 12.1. The maximum atomic E-state index is 12.7. The second kappa shape index (κ2) is 6.90. The summed E-state index contributed by atoms with van der Waals surface area (Å²) in [5.74, 6) is 1.50. The van der Waals surface area contributed by atoms with Gasteiger partial charge in [-0.15, -0.1) is 0 Å². The average Bonchev–Trinajstić information content (AvgIpc) is 3.18. The molecule has 1 amide bonds. The van der Waals surface area contributed by atoms with Crippen LogP contribution in [0.4, 0.5) is 11.4 Å². The van der Waals surface area contributed by atoms with Crippen molar-refractivity contribution in [2.24, 2.45) is 0 Å². The SMILES string of the molecule is CCOc1cc2c(cc1NC(=O)CN1CCc3ccccc31)O[C@@H](C)C2. The van der Waals surface area contributed by atoms with Crippen molar-refractivity contribution < 1.29 is 14.3 Å². The first kappa shape index (κ1) is 16.8. The molecule has 0 bridgehead atoms. The summed E-state index contributed by atoms with van der Waals surface area (Å²) in [6.45, 7) is 5.74. The van der Waals surface area contributed by atoms with Crippen molar-refractivity contribution in [3.8, 4) is 11.5 Å². The van der Waals surface area contributed by atoms with Gasteiger partial charge in [0.15, 0.2) is 0 Å². The first-order valence-corrected chi connectivity index (χ1v) is 9.23. The molecule has 0 radical (unpaired) electrons. The highest BCUT2D eigenvalue weighted by Gasteiger charge is 2.24. The third kappa shape index (κ3) is 3.21. The highest BCUT2D eigenvalue weighted by Crippen LogP contribution is 2.38. The van der Waals surface area contributed by atoms with Gasteiger partial charge in [-0.25, -0.2) is 0 Å². The fourth-order valence-electron chi connectivity index (χ4n) is 3.75. The molecule has 2 aromatic rings. The number of hydrogen-bond donors (Lipinski definition) is 1. The maximum Gasteiger partial charge on any atom is 0.243 e. The number of ether oxygens (including phenoxy) is 2. The Kier molecular flexibility index (Phi) is 4.45. The molecule has 5 heteroatoms. The summed E-state index contributed by atoms with van der Waals surface area (Å²) in [6.07, 6.45) is 2.01. The van der Waals surface area contributed by atoms with Crippen molar-refractivity contribution in [3.05, 3.63) is 47.5 Å². The van der Waals surface area contributed by atoms with Gasteiger partial charge in [-0.2, -0.15) is 0 Å². The minimum absolute atomic E-state index is 0.0475. The molecule has 0 aromatic heterocycles. The van der Waals surface area contributed by atoms with Crippen LogP contribution >= 0.6 is 0 Å². The zero-order valence-corrected chi connectivity index (χ0v) is 15.2. The van der Waals surface area contributed by atoms with Crippen LogP contribution < -0.4 is 19.7 Å². The molecule has 1 N–H and O–H groups in total. The summed E-state index contributed by atoms with van der Waals surface area (Å²) >= 11 is 0.